The molecule has 5 nitrogen and oxygen atoms in total. The first-order valence-corrected chi connectivity index (χ1v) is 13.1. The van der Waals surface area contributed by atoms with Crippen LogP contribution in [0.5, 0.6) is 5.75 Å². The van der Waals surface area contributed by atoms with Crippen LogP contribution in [-0.2, 0) is 12.8 Å². The van der Waals surface area contributed by atoms with Crippen LogP contribution in [0.4, 0.5) is 0 Å². The largest absolute Gasteiger partial charge is 0.507 e. The molecule has 0 amide bonds. The number of aryl methyl sites for hydroxylation is 2. The molecule has 3 heterocycles. The number of aromatic hydroxyl groups is 1. The lowest BCUT2D eigenvalue weighted by atomic mass is 9.88. The van der Waals surface area contributed by atoms with Crippen molar-refractivity contribution in [2.45, 2.75) is 12.8 Å². The number of hydrogen-bond donors (Lipinski definition) is 1. The van der Waals surface area contributed by atoms with E-state index in [1.807, 2.05) is 60.7 Å². The van der Waals surface area contributed by atoms with E-state index in [-0.39, 0.29) is 5.75 Å². The van der Waals surface area contributed by atoms with E-state index in [0.717, 1.165) is 85.6 Å². The van der Waals surface area contributed by atoms with Crippen molar-refractivity contribution >= 4 is 21.9 Å². The Morgan fingerprint density at radius 1 is 0.667 bits per heavy atom. The van der Waals surface area contributed by atoms with Crippen LogP contribution >= 0.6 is 0 Å². The molecule has 39 heavy (non-hydrogen) atoms. The number of benzene rings is 4. The molecular formula is C34H23N3O2. The zero-order valence-corrected chi connectivity index (χ0v) is 21.0. The lowest BCUT2D eigenvalue weighted by Gasteiger charge is -2.20. The van der Waals surface area contributed by atoms with Gasteiger partial charge in [0.15, 0.2) is 0 Å². The van der Waals surface area contributed by atoms with Crippen molar-refractivity contribution in [2.24, 2.45) is 0 Å². The average molecular weight is 506 g/mol. The molecule has 0 aliphatic heterocycles. The molecule has 0 unspecified atom stereocenters. The molecule has 8 rings (SSSR count). The van der Waals surface area contributed by atoms with Crippen LogP contribution in [0.15, 0.2) is 114 Å². The minimum absolute atomic E-state index is 0.270. The normalized spacial score (nSPS) is 12.5. The average Bonchev–Trinajstić information content (AvgIpc) is 3.60. The third-order valence-electron chi connectivity index (χ3n) is 7.65. The second kappa shape index (κ2) is 8.43. The number of phenols is 1. The standard InChI is InChI=1S/C34H23N3O2/c38-28-13-6-8-21-16-17-22-18-19-26(35-33(22)31(21)28)27-20-37(23-9-2-1-3-10-23)34(36-27)25-12-7-15-30-32(25)24-11-4-5-14-29(24)39-30/h1-15,18-20,38H,16-17H2. The van der Waals surface area contributed by atoms with Crippen molar-refractivity contribution in [3.63, 3.8) is 0 Å². The molecule has 0 bridgehead atoms. The van der Waals surface area contributed by atoms with Crippen LogP contribution in [-0.4, -0.2) is 19.6 Å². The number of hydrogen-bond acceptors (Lipinski definition) is 4. The number of rotatable bonds is 3. The maximum absolute atomic E-state index is 10.7. The van der Waals surface area contributed by atoms with Crippen LogP contribution in [0.1, 0.15) is 11.1 Å². The minimum Gasteiger partial charge on any atom is -0.507 e. The van der Waals surface area contributed by atoms with Crippen molar-refractivity contribution in [3.05, 3.63) is 120 Å². The first-order chi connectivity index (χ1) is 19.2. The number of para-hydroxylation sites is 2. The van der Waals surface area contributed by atoms with E-state index in [0.29, 0.717) is 0 Å². The van der Waals surface area contributed by atoms with E-state index in [4.69, 9.17) is 14.4 Å². The lowest BCUT2D eigenvalue weighted by Crippen LogP contribution is -2.06. The Bertz CT molecular complexity index is 2040. The predicted octanol–water partition coefficient (Wildman–Crippen LogP) is 7.97. The van der Waals surface area contributed by atoms with Crippen molar-refractivity contribution in [1.82, 2.24) is 14.5 Å². The van der Waals surface area contributed by atoms with Crippen LogP contribution in [0.25, 0.3) is 61.7 Å². The van der Waals surface area contributed by atoms with E-state index in [2.05, 4.69) is 47.2 Å². The first kappa shape index (κ1) is 21.9. The number of nitrogens with zero attached hydrogens (tertiary/aromatic N) is 3. The van der Waals surface area contributed by atoms with Gasteiger partial charge in [0.05, 0.1) is 11.4 Å². The summed E-state index contributed by atoms with van der Waals surface area (Å²) in [7, 11) is 0. The summed E-state index contributed by atoms with van der Waals surface area (Å²) >= 11 is 0. The number of aromatic nitrogens is 3. The zero-order chi connectivity index (χ0) is 25.9. The Labute approximate surface area is 224 Å². The van der Waals surface area contributed by atoms with E-state index >= 15 is 0 Å². The number of furan rings is 1. The third-order valence-corrected chi connectivity index (χ3v) is 7.65. The topological polar surface area (TPSA) is 64.1 Å². The molecule has 0 saturated carbocycles. The van der Waals surface area contributed by atoms with Gasteiger partial charge in [-0.05, 0) is 60.4 Å². The zero-order valence-electron chi connectivity index (χ0n) is 21.0. The Balaban J connectivity index is 1.37. The molecule has 4 aromatic carbocycles. The summed E-state index contributed by atoms with van der Waals surface area (Å²) in [6, 6.07) is 34.4. The van der Waals surface area contributed by atoms with E-state index in [1.54, 1.807) is 6.07 Å². The maximum atomic E-state index is 10.7. The van der Waals surface area contributed by atoms with E-state index < -0.39 is 0 Å². The quantitative estimate of drug-likeness (QED) is 0.264. The van der Waals surface area contributed by atoms with Crippen LogP contribution in [0, 0.1) is 0 Å². The highest BCUT2D eigenvalue weighted by Crippen LogP contribution is 2.41. The Morgan fingerprint density at radius 2 is 1.46 bits per heavy atom. The smallest absolute Gasteiger partial charge is 0.146 e. The van der Waals surface area contributed by atoms with Gasteiger partial charge in [-0.15, -0.1) is 0 Å². The molecule has 0 saturated heterocycles. The van der Waals surface area contributed by atoms with Gasteiger partial charge in [0.25, 0.3) is 0 Å². The number of pyridine rings is 1. The van der Waals surface area contributed by atoms with Gasteiger partial charge in [0, 0.05) is 33.8 Å². The number of phenolic OH excluding ortho intramolecular Hbond substituents is 1. The molecule has 0 spiro atoms. The summed E-state index contributed by atoms with van der Waals surface area (Å²) in [5.74, 6) is 1.09. The van der Waals surface area contributed by atoms with Crippen LogP contribution < -0.4 is 0 Å². The molecule has 1 N–H and O–H groups in total. The van der Waals surface area contributed by atoms with Crippen molar-refractivity contribution in [1.29, 1.82) is 0 Å². The summed E-state index contributed by atoms with van der Waals surface area (Å²) in [5.41, 5.74) is 9.17. The van der Waals surface area contributed by atoms with Gasteiger partial charge in [-0.2, -0.15) is 0 Å². The van der Waals surface area contributed by atoms with Gasteiger partial charge in [0.1, 0.15) is 28.4 Å². The van der Waals surface area contributed by atoms with Gasteiger partial charge >= 0.3 is 0 Å². The van der Waals surface area contributed by atoms with Gasteiger partial charge < -0.3 is 9.52 Å². The molecule has 0 fully saturated rings. The van der Waals surface area contributed by atoms with Gasteiger partial charge in [-0.3, -0.25) is 4.57 Å². The SMILES string of the molecule is Oc1cccc2c1-c1nc(-c3cn(-c4ccccc4)c(-c4cccc5oc6ccccc6c45)n3)ccc1CC2. The van der Waals surface area contributed by atoms with Crippen molar-refractivity contribution in [2.75, 3.05) is 0 Å². The number of imidazole rings is 1. The number of fused-ring (bicyclic) bond motifs is 6. The summed E-state index contributed by atoms with van der Waals surface area (Å²) in [5, 5.41) is 12.8. The van der Waals surface area contributed by atoms with E-state index in [9.17, 15) is 5.11 Å². The molecule has 186 valence electrons. The summed E-state index contributed by atoms with van der Waals surface area (Å²) in [6.07, 6.45) is 3.85. The third kappa shape index (κ3) is 3.40. The molecule has 0 atom stereocenters. The van der Waals surface area contributed by atoms with Crippen LogP contribution in [0.3, 0.4) is 0 Å². The highest BCUT2D eigenvalue weighted by Gasteiger charge is 2.23. The maximum Gasteiger partial charge on any atom is 0.146 e. The van der Waals surface area contributed by atoms with E-state index in [1.165, 1.54) is 0 Å². The molecule has 7 aromatic rings. The summed E-state index contributed by atoms with van der Waals surface area (Å²) in [4.78, 5) is 10.3. The molecule has 1 aliphatic carbocycles. The van der Waals surface area contributed by atoms with Crippen LogP contribution in [0.2, 0.25) is 0 Å². The minimum atomic E-state index is 0.270. The molecule has 5 heteroatoms. The summed E-state index contributed by atoms with van der Waals surface area (Å²) < 4.78 is 8.31. The second-order valence-corrected chi connectivity index (χ2v) is 9.95. The first-order valence-electron chi connectivity index (χ1n) is 13.1. The highest BCUT2D eigenvalue weighted by atomic mass is 16.3. The molecular weight excluding hydrogens is 482 g/mol. The van der Waals surface area contributed by atoms with Crippen molar-refractivity contribution < 1.29 is 9.52 Å². The highest BCUT2D eigenvalue weighted by molar-refractivity contribution is 6.11. The fraction of sp³-hybridized carbons (Fsp3) is 0.0588. The van der Waals surface area contributed by atoms with Gasteiger partial charge in [-0.1, -0.05) is 66.7 Å². The Kier molecular flexibility index (Phi) is 4.73. The predicted molar refractivity (Wildman–Crippen MR) is 154 cm³/mol. The molecule has 3 aromatic heterocycles. The fourth-order valence-corrected chi connectivity index (χ4v) is 5.83. The molecule has 1 aliphatic rings. The fourth-order valence-electron chi connectivity index (χ4n) is 5.83. The lowest BCUT2D eigenvalue weighted by molar-refractivity contribution is 0.476. The Hall–Kier alpha value is -5.16. The van der Waals surface area contributed by atoms with Gasteiger partial charge in [-0.25, -0.2) is 9.97 Å². The van der Waals surface area contributed by atoms with Crippen molar-refractivity contribution in [3.8, 4) is 45.5 Å². The monoisotopic (exact) mass is 505 g/mol. The molecule has 0 radical (unpaired) electrons. The second-order valence-electron chi connectivity index (χ2n) is 9.95. The Morgan fingerprint density at radius 3 is 2.38 bits per heavy atom. The summed E-state index contributed by atoms with van der Waals surface area (Å²) in [6.45, 7) is 0. The van der Waals surface area contributed by atoms with Gasteiger partial charge in [0.2, 0.25) is 0 Å².